The molecule has 0 aliphatic carbocycles. The molecule has 0 aromatic heterocycles. The fourth-order valence-electron chi connectivity index (χ4n) is 1.72. The SMILES string of the molecule is CC[C@@H](C)NC(=O)Oc1cccc2ccccc12. The van der Waals surface area contributed by atoms with Gasteiger partial charge in [0.1, 0.15) is 5.75 Å². The highest BCUT2D eigenvalue weighted by Crippen LogP contribution is 2.25. The van der Waals surface area contributed by atoms with Crippen LogP contribution < -0.4 is 10.1 Å². The molecule has 0 aliphatic rings. The minimum absolute atomic E-state index is 0.118. The Hall–Kier alpha value is -2.03. The summed E-state index contributed by atoms with van der Waals surface area (Å²) in [6.45, 7) is 3.97. The fraction of sp³-hybridized carbons (Fsp3) is 0.267. The Labute approximate surface area is 107 Å². The van der Waals surface area contributed by atoms with Gasteiger partial charge in [0.25, 0.3) is 0 Å². The minimum atomic E-state index is -0.402. The number of amides is 1. The third-order valence-corrected chi connectivity index (χ3v) is 2.93. The van der Waals surface area contributed by atoms with Gasteiger partial charge in [-0.3, -0.25) is 0 Å². The quantitative estimate of drug-likeness (QED) is 0.892. The molecule has 0 aliphatic heterocycles. The summed E-state index contributed by atoms with van der Waals surface area (Å²) in [6, 6.07) is 13.6. The largest absolute Gasteiger partial charge is 0.412 e. The first-order valence-electron chi connectivity index (χ1n) is 6.17. The molecular weight excluding hydrogens is 226 g/mol. The van der Waals surface area contributed by atoms with Crippen LogP contribution >= 0.6 is 0 Å². The Bertz CT molecular complexity index is 546. The second-order valence-electron chi connectivity index (χ2n) is 4.32. The number of carbonyl (C=O) groups is 1. The Kier molecular flexibility index (Phi) is 3.82. The maximum absolute atomic E-state index is 11.7. The normalized spacial score (nSPS) is 12.1. The molecule has 18 heavy (non-hydrogen) atoms. The summed E-state index contributed by atoms with van der Waals surface area (Å²) in [5.74, 6) is 0.592. The van der Waals surface area contributed by atoms with Crippen LogP contribution in [0.25, 0.3) is 10.8 Å². The zero-order chi connectivity index (χ0) is 13.0. The lowest BCUT2D eigenvalue weighted by atomic mass is 10.1. The molecular formula is C15H17NO2. The van der Waals surface area contributed by atoms with Crippen molar-refractivity contribution in [2.75, 3.05) is 0 Å². The van der Waals surface area contributed by atoms with Crippen LogP contribution in [0.1, 0.15) is 20.3 Å². The van der Waals surface area contributed by atoms with E-state index in [-0.39, 0.29) is 6.04 Å². The van der Waals surface area contributed by atoms with Gasteiger partial charge in [-0.25, -0.2) is 4.79 Å². The standard InChI is InChI=1S/C15H17NO2/c1-3-11(2)16-15(17)18-14-10-6-8-12-7-4-5-9-13(12)14/h4-11H,3H2,1-2H3,(H,16,17)/t11-/m1/s1. The Balaban J connectivity index is 2.19. The van der Waals surface area contributed by atoms with Crippen LogP contribution in [0.5, 0.6) is 5.75 Å². The van der Waals surface area contributed by atoms with Gasteiger partial charge in [0.15, 0.2) is 0 Å². The number of fused-ring (bicyclic) bond motifs is 1. The lowest BCUT2D eigenvalue weighted by Crippen LogP contribution is -2.34. The number of hydrogen-bond donors (Lipinski definition) is 1. The Morgan fingerprint density at radius 1 is 1.22 bits per heavy atom. The molecule has 0 fully saturated rings. The molecule has 2 rings (SSSR count). The van der Waals surface area contributed by atoms with Crippen LogP contribution in [0, 0.1) is 0 Å². The second-order valence-corrected chi connectivity index (χ2v) is 4.32. The molecule has 0 heterocycles. The van der Waals surface area contributed by atoms with Crippen LogP contribution in [0.3, 0.4) is 0 Å². The fourth-order valence-corrected chi connectivity index (χ4v) is 1.72. The van der Waals surface area contributed by atoms with Crippen molar-refractivity contribution in [2.45, 2.75) is 26.3 Å². The van der Waals surface area contributed by atoms with Gasteiger partial charge in [-0.05, 0) is 24.8 Å². The number of benzene rings is 2. The highest BCUT2D eigenvalue weighted by molar-refractivity contribution is 5.90. The van der Waals surface area contributed by atoms with Crippen molar-refractivity contribution in [2.24, 2.45) is 0 Å². The number of carbonyl (C=O) groups excluding carboxylic acids is 1. The van der Waals surface area contributed by atoms with E-state index in [1.807, 2.05) is 50.2 Å². The summed E-state index contributed by atoms with van der Waals surface area (Å²) >= 11 is 0. The number of hydrogen-bond acceptors (Lipinski definition) is 2. The van der Waals surface area contributed by atoms with Crippen LogP contribution in [-0.4, -0.2) is 12.1 Å². The molecule has 0 spiro atoms. The summed E-state index contributed by atoms with van der Waals surface area (Å²) < 4.78 is 5.35. The summed E-state index contributed by atoms with van der Waals surface area (Å²) in [4.78, 5) is 11.7. The van der Waals surface area contributed by atoms with Crippen molar-refractivity contribution in [1.29, 1.82) is 0 Å². The van der Waals surface area contributed by atoms with Gasteiger partial charge in [0.2, 0.25) is 0 Å². The van der Waals surface area contributed by atoms with Gasteiger partial charge < -0.3 is 10.1 Å². The van der Waals surface area contributed by atoms with Crippen molar-refractivity contribution < 1.29 is 9.53 Å². The van der Waals surface area contributed by atoms with E-state index in [1.165, 1.54) is 0 Å². The van der Waals surface area contributed by atoms with Gasteiger partial charge in [0.05, 0.1) is 0 Å². The molecule has 2 aromatic carbocycles. The molecule has 0 bridgehead atoms. The van der Waals surface area contributed by atoms with Gasteiger partial charge in [-0.2, -0.15) is 0 Å². The van der Waals surface area contributed by atoms with Crippen LogP contribution in [0.2, 0.25) is 0 Å². The molecule has 0 saturated carbocycles. The molecule has 94 valence electrons. The summed E-state index contributed by atoms with van der Waals surface area (Å²) in [7, 11) is 0. The van der Waals surface area contributed by atoms with Gasteiger partial charge >= 0.3 is 6.09 Å². The zero-order valence-electron chi connectivity index (χ0n) is 10.6. The third kappa shape index (κ3) is 2.80. The van der Waals surface area contributed by atoms with E-state index in [0.29, 0.717) is 5.75 Å². The Morgan fingerprint density at radius 2 is 1.94 bits per heavy atom. The van der Waals surface area contributed by atoms with E-state index in [1.54, 1.807) is 6.07 Å². The number of nitrogens with one attached hydrogen (secondary N) is 1. The molecule has 3 heteroatoms. The first kappa shape index (κ1) is 12.4. The van der Waals surface area contributed by atoms with Crippen LogP contribution in [0.15, 0.2) is 42.5 Å². The van der Waals surface area contributed by atoms with Crippen LogP contribution in [0.4, 0.5) is 4.79 Å². The maximum Gasteiger partial charge on any atom is 0.412 e. The van der Waals surface area contributed by atoms with E-state index in [4.69, 9.17) is 4.74 Å². The molecule has 0 saturated heterocycles. The predicted molar refractivity (Wildman–Crippen MR) is 72.9 cm³/mol. The number of ether oxygens (including phenoxy) is 1. The van der Waals surface area contributed by atoms with E-state index in [0.717, 1.165) is 17.2 Å². The lowest BCUT2D eigenvalue weighted by molar-refractivity contribution is 0.197. The molecule has 1 atom stereocenters. The molecule has 1 amide bonds. The molecule has 0 unspecified atom stereocenters. The van der Waals surface area contributed by atoms with E-state index >= 15 is 0 Å². The van der Waals surface area contributed by atoms with Crippen LogP contribution in [-0.2, 0) is 0 Å². The molecule has 3 nitrogen and oxygen atoms in total. The van der Waals surface area contributed by atoms with E-state index in [2.05, 4.69) is 5.32 Å². The number of rotatable bonds is 3. The summed E-state index contributed by atoms with van der Waals surface area (Å²) in [5.41, 5.74) is 0. The topological polar surface area (TPSA) is 38.3 Å². The molecule has 1 N–H and O–H groups in total. The average molecular weight is 243 g/mol. The average Bonchev–Trinajstić information content (AvgIpc) is 2.39. The van der Waals surface area contributed by atoms with E-state index < -0.39 is 6.09 Å². The van der Waals surface area contributed by atoms with E-state index in [9.17, 15) is 4.79 Å². The smallest absolute Gasteiger partial charge is 0.410 e. The molecule has 2 aromatic rings. The monoisotopic (exact) mass is 243 g/mol. The summed E-state index contributed by atoms with van der Waals surface area (Å²) in [6.07, 6.45) is 0.477. The van der Waals surface area contributed by atoms with Gasteiger partial charge in [-0.15, -0.1) is 0 Å². The zero-order valence-corrected chi connectivity index (χ0v) is 10.6. The summed E-state index contributed by atoms with van der Waals surface area (Å²) in [5, 5.41) is 4.79. The van der Waals surface area contributed by atoms with Crippen molar-refractivity contribution in [3.8, 4) is 5.75 Å². The highest BCUT2D eigenvalue weighted by atomic mass is 16.6. The maximum atomic E-state index is 11.7. The van der Waals surface area contributed by atoms with Crippen molar-refractivity contribution in [1.82, 2.24) is 5.32 Å². The van der Waals surface area contributed by atoms with Gasteiger partial charge in [-0.1, -0.05) is 43.3 Å². The second kappa shape index (κ2) is 5.54. The molecule has 0 radical (unpaired) electrons. The Morgan fingerprint density at radius 3 is 2.72 bits per heavy atom. The highest BCUT2D eigenvalue weighted by Gasteiger charge is 2.09. The van der Waals surface area contributed by atoms with Crippen molar-refractivity contribution in [3.05, 3.63) is 42.5 Å². The minimum Gasteiger partial charge on any atom is -0.410 e. The van der Waals surface area contributed by atoms with Crippen molar-refractivity contribution >= 4 is 16.9 Å². The van der Waals surface area contributed by atoms with Gasteiger partial charge in [0, 0.05) is 11.4 Å². The lowest BCUT2D eigenvalue weighted by Gasteiger charge is -2.12. The first-order chi connectivity index (χ1) is 8.70. The first-order valence-corrected chi connectivity index (χ1v) is 6.17. The third-order valence-electron chi connectivity index (χ3n) is 2.93. The van der Waals surface area contributed by atoms with Crippen molar-refractivity contribution in [3.63, 3.8) is 0 Å². The predicted octanol–water partition coefficient (Wildman–Crippen LogP) is 3.73.